The Kier molecular flexibility index (Phi) is 7.92. The SMILES string of the molecule is CCc1ccc(N/C=C(/C#N)C(=O)NCCc2ccc(OC)c(OC)c2)cc1. The third-order valence-electron chi connectivity index (χ3n) is 4.26. The van der Waals surface area contributed by atoms with Crippen LogP contribution in [-0.4, -0.2) is 26.7 Å². The Balaban J connectivity index is 1.90. The number of aryl methyl sites for hydroxylation is 1. The summed E-state index contributed by atoms with van der Waals surface area (Å²) in [6.45, 7) is 2.49. The number of hydrogen-bond donors (Lipinski definition) is 2. The van der Waals surface area contributed by atoms with E-state index in [1.54, 1.807) is 14.2 Å². The van der Waals surface area contributed by atoms with Crippen LogP contribution in [0.3, 0.4) is 0 Å². The maximum absolute atomic E-state index is 12.2. The second-order valence-electron chi connectivity index (χ2n) is 6.06. The third kappa shape index (κ3) is 5.78. The zero-order chi connectivity index (χ0) is 20.4. The maximum Gasteiger partial charge on any atom is 0.263 e. The number of carbonyl (C=O) groups is 1. The molecule has 0 heterocycles. The molecule has 0 aliphatic carbocycles. The zero-order valence-electron chi connectivity index (χ0n) is 16.4. The summed E-state index contributed by atoms with van der Waals surface area (Å²) >= 11 is 0. The van der Waals surface area contributed by atoms with Gasteiger partial charge in [0, 0.05) is 18.4 Å². The summed E-state index contributed by atoms with van der Waals surface area (Å²) in [4.78, 5) is 12.2. The molecule has 0 saturated heterocycles. The second kappa shape index (κ2) is 10.6. The first-order valence-electron chi connectivity index (χ1n) is 9.06. The van der Waals surface area contributed by atoms with E-state index in [4.69, 9.17) is 9.47 Å². The number of nitriles is 1. The van der Waals surface area contributed by atoms with Crippen LogP contribution in [0.15, 0.2) is 54.2 Å². The summed E-state index contributed by atoms with van der Waals surface area (Å²) < 4.78 is 10.5. The molecule has 0 unspecified atom stereocenters. The van der Waals surface area contributed by atoms with Crippen LogP contribution in [0.1, 0.15) is 18.1 Å². The molecule has 2 aromatic rings. The Labute approximate surface area is 165 Å². The number of amides is 1. The Bertz CT molecular complexity index is 868. The molecule has 2 N–H and O–H groups in total. The lowest BCUT2D eigenvalue weighted by Crippen LogP contribution is -2.27. The molecule has 0 atom stereocenters. The number of methoxy groups -OCH3 is 2. The summed E-state index contributed by atoms with van der Waals surface area (Å²) in [6.07, 6.45) is 2.99. The van der Waals surface area contributed by atoms with E-state index in [9.17, 15) is 10.1 Å². The van der Waals surface area contributed by atoms with Crippen LogP contribution in [0.25, 0.3) is 0 Å². The lowest BCUT2D eigenvalue weighted by atomic mass is 10.1. The molecule has 0 spiro atoms. The average Bonchev–Trinajstić information content (AvgIpc) is 2.74. The molecular weight excluding hydrogens is 354 g/mol. The van der Waals surface area contributed by atoms with Crippen LogP contribution >= 0.6 is 0 Å². The van der Waals surface area contributed by atoms with E-state index in [1.165, 1.54) is 11.8 Å². The number of hydrogen-bond acceptors (Lipinski definition) is 5. The highest BCUT2D eigenvalue weighted by Gasteiger charge is 2.09. The molecular formula is C22H25N3O3. The fraction of sp³-hybridized carbons (Fsp3) is 0.273. The van der Waals surface area contributed by atoms with Crippen molar-refractivity contribution in [3.63, 3.8) is 0 Å². The third-order valence-corrected chi connectivity index (χ3v) is 4.26. The van der Waals surface area contributed by atoms with Crippen molar-refractivity contribution < 1.29 is 14.3 Å². The fourth-order valence-electron chi connectivity index (χ4n) is 2.59. The van der Waals surface area contributed by atoms with Gasteiger partial charge in [-0.1, -0.05) is 25.1 Å². The predicted molar refractivity (Wildman–Crippen MR) is 109 cm³/mol. The molecule has 146 valence electrons. The number of rotatable bonds is 9. The van der Waals surface area contributed by atoms with Crippen LogP contribution in [0.2, 0.25) is 0 Å². The molecule has 0 bridgehead atoms. The molecule has 6 nitrogen and oxygen atoms in total. The monoisotopic (exact) mass is 379 g/mol. The summed E-state index contributed by atoms with van der Waals surface area (Å²) in [7, 11) is 3.16. The predicted octanol–water partition coefficient (Wildman–Crippen LogP) is 3.44. The molecule has 0 aliphatic rings. The van der Waals surface area contributed by atoms with Gasteiger partial charge in [-0.25, -0.2) is 0 Å². The van der Waals surface area contributed by atoms with E-state index in [2.05, 4.69) is 17.6 Å². The van der Waals surface area contributed by atoms with E-state index in [0.717, 1.165) is 17.7 Å². The van der Waals surface area contributed by atoms with Crippen molar-refractivity contribution in [2.45, 2.75) is 19.8 Å². The van der Waals surface area contributed by atoms with Gasteiger partial charge in [0.1, 0.15) is 11.6 Å². The highest BCUT2D eigenvalue weighted by molar-refractivity contribution is 5.97. The van der Waals surface area contributed by atoms with Crippen molar-refractivity contribution in [1.82, 2.24) is 5.32 Å². The van der Waals surface area contributed by atoms with Gasteiger partial charge < -0.3 is 20.1 Å². The first kappa shape index (κ1) is 20.8. The van der Waals surface area contributed by atoms with Gasteiger partial charge in [0.2, 0.25) is 0 Å². The highest BCUT2D eigenvalue weighted by atomic mass is 16.5. The summed E-state index contributed by atoms with van der Waals surface area (Å²) in [6, 6.07) is 15.4. The van der Waals surface area contributed by atoms with Gasteiger partial charge in [-0.05, 0) is 48.2 Å². The molecule has 6 heteroatoms. The molecule has 0 radical (unpaired) electrons. The van der Waals surface area contributed by atoms with Gasteiger partial charge in [-0.3, -0.25) is 4.79 Å². The second-order valence-corrected chi connectivity index (χ2v) is 6.06. The Morgan fingerprint density at radius 2 is 1.75 bits per heavy atom. The molecule has 0 aromatic heterocycles. The molecule has 0 saturated carbocycles. The molecule has 2 aromatic carbocycles. The van der Waals surface area contributed by atoms with Crippen molar-refractivity contribution in [2.75, 3.05) is 26.1 Å². The zero-order valence-corrected chi connectivity index (χ0v) is 16.4. The van der Waals surface area contributed by atoms with E-state index in [-0.39, 0.29) is 5.57 Å². The number of nitrogens with one attached hydrogen (secondary N) is 2. The van der Waals surface area contributed by atoms with Crippen molar-refractivity contribution in [3.05, 3.63) is 65.4 Å². The largest absolute Gasteiger partial charge is 0.493 e. The van der Waals surface area contributed by atoms with Gasteiger partial charge in [0.15, 0.2) is 11.5 Å². The van der Waals surface area contributed by atoms with Gasteiger partial charge in [0.25, 0.3) is 5.91 Å². The highest BCUT2D eigenvalue weighted by Crippen LogP contribution is 2.27. The molecule has 1 amide bonds. The van der Waals surface area contributed by atoms with Gasteiger partial charge in [-0.15, -0.1) is 0 Å². The number of benzene rings is 2. The van der Waals surface area contributed by atoms with Crippen molar-refractivity contribution in [1.29, 1.82) is 5.26 Å². The normalized spacial score (nSPS) is 10.7. The maximum atomic E-state index is 12.2. The van der Waals surface area contributed by atoms with Gasteiger partial charge in [-0.2, -0.15) is 5.26 Å². The summed E-state index contributed by atoms with van der Waals surface area (Å²) in [5.41, 5.74) is 3.06. The molecule has 0 fully saturated rings. The minimum Gasteiger partial charge on any atom is -0.493 e. The number of anilines is 1. The molecule has 2 rings (SSSR count). The van der Waals surface area contributed by atoms with Gasteiger partial charge in [0.05, 0.1) is 14.2 Å². The first-order valence-corrected chi connectivity index (χ1v) is 9.06. The van der Waals surface area contributed by atoms with E-state index in [0.29, 0.717) is 24.5 Å². The minimum atomic E-state index is -0.416. The number of nitrogens with zero attached hydrogens (tertiary/aromatic N) is 1. The smallest absolute Gasteiger partial charge is 0.263 e. The first-order chi connectivity index (χ1) is 13.6. The van der Waals surface area contributed by atoms with Crippen LogP contribution in [-0.2, 0) is 17.6 Å². The fourth-order valence-corrected chi connectivity index (χ4v) is 2.59. The van der Waals surface area contributed by atoms with E-state index in [1.807, 2.05) is 48.5 Å². The minimum absolute atomic E-state index is 0.0203. The van der Waals surface area contributed by atoms with Crippen LogP contribution in [0.4, 0.5) is 5.69 Å². The molecule has 28 heavy (non-hydrogen) atoms. The van der Waals surface area contributed by atoms with Crippen LogP contribution in [0.5, 0.6) is 11.5 Å². The lowest BCUT2D eigenvalue weighted by molar-refractivity contribution is -0.117. The Hall–Kier alpha value is -3.46. The standard InChI is InChI=1S/C22H25N3O3/c1-4-16-5-8-19(9-6-16)25-15-18(14-23)22(26)24-12-11-17-7-10-20(27-2)21(13-17)28-3/h5-10,13,15,25H,4,11-12H2,1-3H3,(H,24,26)/b18-15-. The van der Waals surface area contributed by atoms with Crippen LogP contribution in [0, 0.1) is 11.3 Å². The average molecular weight is 379 g/mol. The topological polar surface area (TPSA) is 83.4 Å². The summed E-state index contributed by atoms with van der Waals surface area (Å²) in [5.74, 6) is 0.880. The van der Waals surface area contributed by atoms with E-state index >= 15 is 0 Å². The Morgan fingerprint density at radius 1 is 1.07 bits per heavy atom. The van der Waals surface area contributed by atoms with Crippen molar-refractivity contribution in [2.24, 2.45) is 0 Å². The lowest BCUT2D eigenvalue weighted by Gasteiger charge is -2.10. The number of carbonyl (C=O) groups excluding carboxylic acids is 1. The summed E-state index contributed by atoms with van der Waals surface area (Å²) in [5, 5.41) is 15.0. The quantitative estimate of drug-likeness (QED) is 0.515. The Morgan fingerprint density at radius 3 is 2.36 bits per heavy atom. The van der Waals surface area contributed by atoms with Crippen molar-refractivity contribution in [3.8, 4) is 17.6 Å². The van der Waals surface area contributed by atoms with Crippen molar-refractivity contribution >= 4 is 11.6 Å². The van der Waals surface area contributed by atoms with E-state index < -0.39 is 5.91 Å². The molecule has 0 aliphatic heterocycles. The van der Waals surface area contributed by atoms with Gasteiger partial charge >= 0.3 is 0 Å². The van der Waals surface area contributed by atoms with Crippen LogP contribution < -0.4 is 20.1 Å². The number of ether oxygens (including phenoxy) is 2.